The van der Waals surface area contributed by atoms with Crippen molar-refractivity contribution >= 4 is 28.9 Å². The molecule has 0 heterocycles. The van der Waals surface area contributed by atoms with Crippen molar-refractivity contribution in [3.05, 3.63) is 23.2 Å². The maximum absolute atomic E-state index is 12.7. The predicted octanol–water partition coefficient (Wildman–Crippen LogP) is 3.43. The van der Waals surface area contributed by atoms with Crippen LogP contribution in [0.3, 0.4) is 0 Å². The van der Waals surface area contributed by atoms with Crippen LogP contribution in [0, 0.1) is 0 Å². The van der Waals surface area contributed by atoms with Gasteiger partial charge >= 0.3 is 6.11 Å². The number of hydrogen-bond donors (Lipinski definition) is 1. The highest BCUT2D eigenvalue weighted by Crippen LogP contribution is 2.34. The van der Waals surface area contributed by atoms with E-state index in [1.807, 2.05) is 0 Å². The van der Waals surface area contributed by atoms with Gasteiger partial charge in [-0.2, -0.15) is 8.78 Å². The number of alkyl halides is 4. The molecule has 0 aromatic heterocycles. The number of halogens is 5. The summed E-state index contributed by atoms with van der Waals surface area (Å²) < 4.78 is 41.7. The molecule has 1 rings (SSSR count). The summed E-state index contributed by atoms with van der Waals surface area (Å²) >= 11 is 10.1. The first kappa shape index (κ1) is 12.3. The number of anilines is 1. The summed E-state index contributed by atoms with van der Waals surface area (Å²) in [6.07, 6.45) is -4.15. The van der Waals surface area contributed by atoms with Crippen LogP contribution in [-0.2, 0) is 0 Å². The molecule has 0 spiro atoms. The first-order valence-electron chi connectivity index (χ1n) is 3.73. The Hall–Kier alpha value is -0.810. The van der Waals surface area contributed by atoms with Gasteiger partial charge < -0.3 is 10.5 Å². The normalized spacial score (nSPS) is 13.7. The van der Waals surface area contributed by atoms with Crippen molar-refractivity contribution in [3.8, 4) is 5.75 Å². The number of benzene rings is 1. The zero-order valence-corrected chi connectivity index (χ0v) is 8.70. The van der Waals surface area contributed by atoms with Crippen LogP contribution in [0.4, 0.5) is 18.9 Å². The van der Waals surface area contributed by atoms with Gasteiger partial charge in [-0.15, -0.1) is 0 Å². The van der Waals surface area contributed by atoms with Gasteiger partial charge in [0.25, 0.3) is 5.63 Å². The Kier molecular flexibility index (Phi) is 3.57. The van der Waals surface area contributed by atoms with Crippen LogP contribution < -0.4 is 10.5 Å². The molecule has 1 atom stereocenters. The molecule has 0 fully saturated rings. The van der Waals surface area contributed by atoms with E-state index < -0.39 is 17.5 Å². The second-order valence-electron chi connectivity index (χ2n) is 2.65. The Labute approximate surface area is 93.7 Å². The molecule has 84 valence electrons. The van der Waals surface area contributed by atoms with Crippen molar-refractivity contribution in [2.75, 3.05) is 5.73 Å². The number of ether oxygens (including phenoxy) is 1. The van der Waals surface area contributed by atoms with Gasteiger partial charge in [-0.05, 0) is 12.1 Å². The topological polar surface area (TPSA) is 35.2 Å². The van der Waals surface area contributed by atoms with Gasteiger partial charge in [0.05, 0.1) is 5.02 Å². The fourth-order valence-electron chi connectivity index (χ4n) is 0.789. The molecule has 0 bridgehead atoms. The molecule has 1 aromatic carbocycles. The van der Waals surface area contributed by atoms with E-state index >= 15 is 0 Å². The summed E-state index contributed by atoms with van der Waals surface area (Å²) in [5.74, 6) is -0.426. The smallest absolute Gasteiger partial charge is 0.428 e. The van der Waals surface area contributed by atoms with E-state index in [0.717, 1.165) is 6.07 Å². The van der Waals surface area contributed by atoms with Crippen LogP contribution in [0.2, 0.25) is 5.02 Å². The largest absolute Gasteiger partial charge is 0.444 e. The van der Waals surface area contributed by atoms with Crippen molar-refractivity contribution in [3.63, 3.8) is 0 Å². The Morgan fingerprint density at radius 3 is 2.53 bits per heavy atom. The third kappa shape index (κ3) is 3.07. The first-order chi connectivity index (χ1) is 6.83. The Balaban J connectivity index is 2.94. The highest BCUT2D eigenvalue weighted by atomic mass is 35.5. The molecular formula is C8H6Cl2F3NO. The minimum absolute atomic E-state index is 0.110. The van der Waals surface area contributed by atoms with Crippen molar-refractivity contribution in [1.29, 1.82) is 0 Å². The van der Waals surface area contributed by atoms with Crippen LogP contribution in [0.25, 0.3) is 0 Å². The van der Waals surface area contributed by atoms with Gasteiger partial charge in [0, 0.05) is 11.8 Å². The molecule has 0 aliphatic heterocycles. The molecule has 0 amide bonds. The lowest BCUT2D eigenvalue weighted by Gasteiger charge is -2.18. The quantitative estimate of drug-likeness (QED) is 0.667. The number of nitrogens with two attached hydrogens (primary N) is 1. The van der Waals surface area contributed by atoms with Crippen LogP contribution in [0.15, 0.2) is 18.2 Å². The third-order valence-electron chi connectivity index (χ3n) is 1.46. The average molecular weight is 260 g/mol. The van der Waals surface area contributed by atoms with Crippen molar-refractivity contribution in [1.82, 2.24) is 0 Å². The lowest BCUT2D eigenvalue weighted by Crippen LogP contribution is -2.32. The van der Waals surface area contributed by atoms with Gasteiger partial charge in [-0.3, -0.25) is 0 Å². The molecule has 7 heteroatoms. The van der Waals surface area contributed by atoms with E-state index in [-0.39, 0.29) is 10.7 Å². The number of nitrogen functional groups attached to an aromatic ring is 1. The Morgan fingerprint density at radius 1 is 1.40 bits per heavy atom. The summed E-state index contributed by atoms with van der Waals surface area (Å²) in [6.45, 7) is 0. The zero-order valence-electron chi connectivity index (χ0n) is 7.18. The lowest BCUT2D eigenvalue weighted by molar-refractivity contribution is -0.198. The summed E-state index contributed by atoms with van der Waals surface area (Å²) in [7, 11) is 0. The van der Waals surface area contributed by atoms with Crippen molar-refractivity contribution in [2.24, 2.45) is 0 Å². The van der Waals surface area contributed by atoms with Crippen LogP contribution in [0.1, 0.15) is 0 Å². The predicted molar refractivity (Wildman–Crippen MR) is 52.2 cm³/mol. The highest BCUT2D eigenvalue weighted by molar-refractivity contribution is 6.32. The molecule has 1 aromatic rings. The summed E-state index contributed by atoms with van der Waals surface area (Å²) in [6, 6.07) is 3.69. The van der Waals surface area contributed by atoms with Gasteiger partial charge in [0.15, 0.2) is 0 Å². The zero-order chi connectivity index (χ0) is 11.6. The van der Waals surface area contributed by atoms with E-state index in [9.17, 15) is 13.2 Å². The Bertz CT molecular complexity index is 360. The molecule has 0 aliphatic rings. The average Bonchev–Trinajstić information content (AvgIpc) is 2.10. The lowest BCUT2D eigenvalue weighted by atomic mass is 10.3. The van der Waals surface area contributed by atoms with Gasteiger partial charge in [-0.1, -0.05) is 23.2 Å². The monoisotopic (exact) mass is 259 g/mol. The van der Waals surface area contributed by atoms with E-state index in [4.69, 9.17) is 17.3 Å². The van der Waals surface area contributed by atoms with E-state index in [0.29, 0.717) is 0 Å². The number of rotatable bonds is 3. The van der Waals surface area contributed by atoms with E-state index in [1.54, 1.807) is 0 Å². The molecule has 0 radical (unpaired) electrons. The molecule has 0 saturated carbocycles. The van der Waals surface area contributed by atoms with E-state index in [1.165, 1.54) is 12.1 Å². The first-order valence-corrected chi connectivity index (χ1v) is 4.54. The second kappa shape index (κ2) is 4.37. The fraction of sp³-hybridized carbons (Fsp3) is 0.250. The summed E-state index contributed by atoms with van der Waals surface area (Å²) in [5.41, 5.74) is 2.51. The number of hydrogen-bond acceptors (Lipinski definition) is 2. The minimum Gasteiger partial charge on any atom is -0.428 e. The van der Waals surface area contributed by atoms with Crippen molar-refractivity contribution in [2.45, 2.75) is 11.7 Å². The third-order valence-corrected chi connectivity index (χ3v) is 2.02. The SMILES string of the molecule is Nc1ccc(Cl)c(OC(F)(F)[C@H](F)Cl)c1. The molecule has 2 N–H and O–H groups in total. The maximum atomic E-state index is 12.7. The molecule has 15 heavy (non-hydrogen) atoms. The molecule has 0 saturated heterocycles. The Morgan fingerprint density at radius 2 is 2.00 bits per heavy atom. The summed E-state index contributed by atoms with van der Waals surface area (Å²) in [4.78, 5) is 0. The van der Waals surface area contributed by atoms with Crippen LogP contribution in [0.5, 0.6) is 5.75 Å². The highest BCUT2D eigenvalue weighted by Gasteiger charge is 2.42. The molecular weight excluding hydrogens is 254 g/mol. The van der Waals surface area contributed by atoms with Crippen molar-refractivity contribution < 1.29 is 17.9 Å². The van der Waals surface area contributed by atoms with Crippen LogP contribution in [-0.4, -0.2) is 11.7 Å². The fourth-order valence-corrected chi connectivity index (χ4v) is 0.990. The summed E-state index contributed by atoms with van der Waals surface area (Å²) in [5, 5.41) is -0.110. The minimum atomic E-state index is -4.15. The molecule has 0 unspecified atom stereocenters. The van der Waals surface area contributed by atoms with Gasteiger partial charge in [-0.25, -0.2) is 4.39 Å². The maximum Gasteiger partial charge on any atom is 0.444 e. The molecule has 0 aliphatic carbocycles. The van der Waals surface area contributed by atoms with Crippen LogP contribution >= 0.6 is 23.2 Å². The van der Waals surface area contributed by atoms with E-state index in [2.05, 4.69) is 16.3 Å². The van der Waals surface area contributed by atoms with Gasteiger partial charge in [0.1, 0.15) is 5.75 Å². The standard InChI is InChI=1S/C8H6Cl2F3NO/c9-5-2-1-4(14)3-6(5)15-8(12,13)7(10)11/h1-3,7H,14H2/t7-/m0/s1. The van der Waals surface area contributed by atoms with Gasteiger partial charge in [0.2, 0.25) is 0 Å². The second-order valence-corrected chi connectivity index (χ2v) is 3.44. The molecule has 2 nitrogen and oxygen atoms in total.